The first-order valence-corrected chi connectivity index (χ1v) is 27.8. The summed E-state index contributed by atoms with van der Waals surface area (Å²) in [6.45, 7) is 5.95. The lowest BCUT2D eigenvalue weighted by Gasteiger charge is -2.25. The highest BCUT2D eigenvalue weighted by Gasteiger charge is 2.32. The number of para-hydroxylation sites is 2. The number of halogens is 1. The van der Waals surface area contributed by atoms with Crippen LogP contribution in [0.4, 0.5) is 51.8 Å². The van der Waals surface area contributed by atoms with Gasteiger partial charge in [0, 0.05) is 128 Å². The quantitative estimate of drug-likeness (QED) is 0.0505. The topological polar surface area (TPSA) is 227 Å². The number of likely N-dealkylation sites (N-methyl/N-ethyl adjacent to an activating group) is 4. The standard InChI is InChI=1S/C31H38N8O4.C27H30BrN7O3.2H2/c1-35(2)15-16-36(3)25-18-27(43-4)24(17-26(25)39(41)42)34-31-32-12-10-23(33-31)28-22-9-5-7-20-8-6-13-38(29(20)22)30(28)37-14-11-21(40)19-37;1-32(2)11-12-33(3)22-14-24(38-4)21(13-23(22)35(36)37)30-27-29-15-20(28)25(31-27)19-16-34-10-6-8-17-7-5-9-18(19)26(17)34;;/h5,7,9-10,12,17-18,21,40H,6,8,11,13-16,19H2,1-4H3,(H,32,33,34);5,7,9,13-16H,6,8,10-12H2,1-4H3,(H,29,30,31);2*1H. The highest BCUT2D eigenvalue weighted by atomic mass is 79.9. The molecule has 1 fully saturated rings. The first kappa shape index (κ1) is 56.2. The second kappa shape index (κ2) is 23.9. The first-order valence-electron chi connectivity index (χ1n) is 27.0. The van der Waals surface area contributed by atoms with Crippen molar-refractivity contribution < 1.29 is 27.3 Å². The van der Waals surface area contributed by atoms with E-state index in [1.807, 2.05) is 68.0 Å². The molecule has 0 aliphatic carbocycles. The molecule has 0 spiro atoms. The van der Waals surface area contributed by atoms with Crippen molar-refractivity contribution in [2.24, 2.45) is 0 Å². The van der Waals surface area contributed by atoms with Gasteiger partial charge in [-0.2, -0.15) is 0 Å². The third kappa shape index (κ3) is 11.6. The number of hydrogen-bond acceptors (Lipinski definition) is 18. The third-order valence-electron chi connectivity index (χ3n) is 15.2. The number of nitro groups is 2. The van der Waals surface area contributed by atoms with Crippen LogP contribution in [0.5, 0.6) is 11.5 Å². The second-order valence-electron chi connectivity index (χ2n) is 21.3. The predicted octanol–water partition coefficient (Wildman–Crippen LogP) is 10.2. The van der Waals surface area contributed by atoms with E-state index in [2.05, 4.69) is 93.2 Å². The van der Waals surface area contributed by atoms with E-state index in [9.17, 15) is 25.3 Å². The number of nitrogens with zero attached hydrogens (tertiary/aromatic N) is 13. The van der Waals surface area contributed by atoms with Gasteiger partial charge in [-0.25, -0.2) is 19.9 Å². The largest absolute Gasteiger partial charge is 0.494 e. The summed E-state index contributed by atoms with van der Waals surface area (Å²) < 4.78 is 16.7. The lowest BCUT2D eigenvalue weighted by atomic mass is 10.0. The summed E-state index contributed by atoms with van der Waals surface area (Å²) in [5.41, 5.74) is 10.3. The van der Waals surface area contributed by atoms with Crippen LogP contribution in [0.25, 0.3) is 44.3 Å². The highest BCUT2D eigenvalue weighted by molar-refractivity contribution is 9.10. The number of nitro benzene ring substituents is 2. The Hall–Kier alpha value is -8.12. The monoisotopic (exact) mass is 1170 g/mol. The number of nitrogens with one attached hydrogen (secondary N) is 2. The van der Waals surface area contributed by atoms with Crippen LogP contribution in [0.2, 0.25) is 0 Å². The lowest BCUT2D eigenvalue weighted by molar-refractivity contribution is -0.384. The Bertz CT molecular complexity index is 3670. The maximum Gasteiger partial charge on any atom is 0.294 e. The van der Waals surface area contributed by atoms with Gasteiger partial charge in [-0.15, -0.1) is 0 Å². The van der Waals surface area contributed by atoms with E-state index in [1.165, 1.54) is 48.5 Å². The zero-order valence-corrected chi connectivity index (χ0v) is 48.5. The molecule has 0 radical (unpaired) electrons. The van der Waals surface area contributed by atoms with Gasteiger partial charge in [0.2, 0.25) is 11.9 Å². The van der Waals surface area contributed by atoms with Crippen molar-refractivity contribution in [2.75, 3.05) is 121 Å². The van der Waals surface area contributed by atoms with Crippen molar-refractivity contribution in [3.05, 3.63) is 121 Å². The Balaban J connectivity index is 0.000000213. The summed E-state index contributed by atoms with van der Waals surface area (Å²) in [7, 11) is 14.6. The molecule has 23 heteroatoms. The predicted molar refractivity (Wildman–Crippen MR) is 327 cm³/mol. The van der Waals surface area contributed by atoms with E-state index in [0.717, 1.165) is 108 Å². The van der Waals surface area contributed by atoms with Crippen molar-refractivity contribution in [1.29, 1.82) is 0 Å². The van der Waals surface area contributed by atoms with Crippen molar-refractivity contribution in [3.63, 3.8) is 0 Å². The molecule has 3 N–H and O–H groups in total. The van der Waals surface area contributed by atoms with E-state index >= 15 is 0 Å². The maximum absolute atomic E-state index is 12.1. The first-order chi connectivity index (χ1) is 39.0. The Kier molecular flexibility index (Phi) is 16.6. The molecule has 0 amide bonds. The van der Waals surface area contributed by atoms with Crippen molar-refractivity contribution >= 4 is 89.6 Å². The molecule has 0 bridgehead atoms. The van der Waals surface area contributed by atoms with Crippen LogP contribution in [-0.4, -0.2) is 156 Å². The van der Waals surface area contributed by atoms with Crippen molar-refractivity contribution in [3.8, 4) is 34.0 Å². The minimum absolute atomic E-state index is 0. The van der Waals surface area contributed by atoms with E-state index in [-0.39, 0.29) is 30.2 Å². The summed E-state index contributed by atoms with van der Waals surface area (Å²) in [6, 6.07) is 21.0. The average molecular weight is 1170 g/mol. The molecule has 22 nitrogen and oxygen atoms in total. The number of hydrogen-bond donors (Lipinski definition) is 3. The van der Waals surface area contributed by atoms with E-state index in [0.29, 0.717) is 65.8 Å². The number of aliphatic hydroxyl groups is 1. The number of ether oxygens (including phenoxy) is 2. The molecule has 81 heavy (non-hydrogen) atoms. The molecule has 4 aromatic heterocycles. The fourth-order valence-electron chi connectivity index (χ4n) is 11.2. The Labute approximate surface area is 481 Å². The smallest absolute Gasteiger partial charge is 0.294 e. The normalized spacial score (nSPS) is 14.6. The number of rotatable bonds is 19. The number of methoxy groups -OCH3 is 2. The average Bonchev–Trinajstić information content (AvgIpc) is 4.39. The molecule has 3 aliphatic heterocycles. The molecule has 1 saturated heterocycles. The van der Waals surface area contributed by atoms with Gasteiger partial charge in [0.1, 0.15) is 28.7 Å². The molecule has 3 aliphatic rings. The molecular weight excluding hydrogens is 1100 g/mol. The van der Waals surface area contributed by atoms with Crippen LogP contribution in [0.1, 0.15) is 33.2 Å². The van der Waals surface area contributed by atoms with Crippen LogP contribution in [0.15, 0.2) is 89.8 Å². The molecule has 1 unspecified atom stereocenters. The van der Waals surface area contributed by atoms with Crippen LogP contribution >= 0.6 is 15.9 Å². The van der Waals surface area contributed by atoms with Crippen molar-refractivity contribution in [2.45, 2.75) is 51.3 Å². The number of aromatic nitrogens is 6. The molecule has 0 saturated carbocycles. The fourth-order valence-corrected chi connectivity index (χ4v) is 11.6. The molecule has 1 atom stereocenters. The second-order valence-corrected chi connectivity index (χ2v) is 22.1. The van der Waals surface area contributed by atoms with Crippen LogP contribution in [0, 0.1) is 20.2 Å². The molecule has 4 aromatic carbocycles. The van der Waals surface area contributed by atoms with Gasteiger partial charge in [0.25, 0.3) is 11.4 Å². The zero-order valence-electron chi connectivity index (χ0n) is 46.9. The van der Waals surface area contributed by atoms with Crippen LogP contribution in [0.3, 0.4) is 0 Å². The SMILES string of the molecule is COc1cc(N(C)CCN(C)C)c([N+](=O)[O-])cc1Nc1ncc(Br)c(-c2cn3c4c(cccc24)CCC3)n1.COc1cc(N(C)CCN(C)C)c([N+](=O)[O-])cc1Nc1nccc(-c2c(N3CCC(O)C3)n3c4c(cccc24)CCC3)n1.[HH].[HH]. The highest BCUT2D eigenvalue weighted by Crippen LogP contribution is 2.46. The van der Waals surface area contributed by atoms with Gasteiger partial charge < -0.3 is 58.8 Å². The number of aryl methyl sites for hydroxylation is 4. The van der Waals surface area contributed by atoms with E-state index in [1.54, 1.807) is 24.5 Å². The summed E-state index contributed by atoms with van der Waals surface area (Å²) in [4.78, 5) is 52.0. The minimum Gasteiger partial charge on any atom is -0.494 e. The zero-order chi connectivity index (χ0) is 57.2. The van der Waals surface area contributed by atoms with Gasteiger partial charge in [0.15, 0.2) is 0 Å². The Morgan fingerprint density at radius 1 is 0.741 bits per heavy atom. The van der Waals surface area contributed by atoms with Gasteiger partial charge in [-0.05, 0) is 93.4 Å². The summed E-state index contributed by atoms with van der Waals surface area (Å²) in [6.07, 6.45) is 10.2. The summed E-state index contributed by atoms with van der Waals surface area (Å²) >= 11 is 3.63. The van der Waals surface area contributed by atoms with Crippen LogP contribution in [-0.2, 0) is 25.9 Å². The number of anilines is 7. The minimum atomic E-state index is -0.381. The molecule has 8 aromatic rings. The molecule has 11 rings (SSSR count). The lowest BCUT2D eigenvalue weighted by Crippen LogP contribution is -2.28. The van der Waals surface area contributed by atoms with Crippen molar-refractivity contribution in [1.82, 2.24) is 38.9 Å². The van der Waals surface area contributed by atoms with Gasteiger partial charge >= 0.3 is 0 Å². The number of aliphatic hydroxyl groups excluding tert-OH is 1. The molecule has 7 heterocycles. The fraction of sp³-hybridized carbons (Fsp3) is 0.379. The van der Waals surface area contributed by atoms with Gasteiger partial charge in [-0.1, -0.05) is 36.4 Å². The van der Waals surface area contributed by atoms with Crippen LogP contribution < -0.4 is 34.8 Å². The van der Waals surface area contributed by atoms with E-state index < -0.39 is 0 Å². The third-order valence-corrected chi connectivity index (χ3v) is 15.8. The Morgan fingerprint density at radius 2 is 1.32 bits per heavy atom. The van der Waals surface area contributed by atoms with Gasteiger partial charge in [0.05, 0.1) is 74.0 Å². The summed E-state index contributed by atoms with van der Waals surface area (Å²) in [5, 5.41) is 43.2. The van der Waals surface area contributed by atoms with E-state index in [4.69, 9.17) is 19.4 Å². The van der Waals surface area contributed by atoms with Gasteiger partial charge in [-0.3, -0.25) is 20.2 Å². The molecule has 428 valence electrons. The summed E-state index contributed by atoms with van der Waals surface area (Å²) in [5.74, 6) is 2.60. The number of β-amino-alcohol motifs (C(OH)–C–C–N with tert-alkyl or cyclic N) is 1. The Morgan fingerprint density at radius 3 is 1.89 bits per heavy atom. The molecular formula is C58H72BrN15O7. The maximum atomic E-state index is 12.1. The number of benzene rings is 4.